The van der Waals surface area contributed by atoms with E-state index in [1.807, 2.05) is 31.2 Å². The third kappa shape index (κ3) is 5.59. The summed E-state index contributed by atoms with van der Waals surface area (Å²) in [5.41, 5.74) is 2.23. The molecule has 152 valence electrons. The molecule has 0 aliphatic heterocycles. The molecule has 0 saturated carbocycles. The molecule has 0 aliphatic carbocycles. The van der Waals surface area contributed by atoms with E-state index in [4.69, 9.17) is 16.3 Å². The summed E-state index contributed by atoms with van der Waals surface area (Å²) in [6.07, 6.45) is 0.667. The van der Waals surface area contributed by atoms with Crippen molar-refractivity contribution in [3.63, 3.8) is 0 Å². The van der Waals surface area contributed by atoms with E-state index < -0.39 is 0 Å². The molecule has 1 heterocycles. The van der Waals surface area contributed by atoms with Crippen molar-refractivity contribution < 1.29 is 9.53 Å². The lowest BCUT2D eigenvalue weighted by Crippen LogP contribution is -2.25. The minimum atomic E-state index is -0.164. The van der Waals surface area contributed by atoms with Crippen molar-refractivity contribution >= 4 is 45.9 Å². The lowest BCUT2D eigenvalue weighted by atomic mass is 10.2. The molecule has 0 bridgehead atoms. The minimum Gasteiger partial charge on any atom is -0.385 e. The molecule has 1 amide bonds. The number of benzene rings is 2. The van der Waals surface area contributed by atoms with Gasteiger partial charge in [0, 0.05) is 31.0 Å². The molecule has 3 aromatic rings. The first-order valence-electron chi connectivity index (χ1n) is 9.16. The van der Waals surface area contributed by atoms with Crippen molar-refractivity contribution in [3.8, 4) is 0 Å². The Bertz CT molecular complexity index is 1070. The number of thioether (sulfide) groups is 1. The number of carbonyl (C=O) groups excluding carboxylic acids is 1. The quantitative estimate of drug-likeness (QED) is 0.330. The Morgan fingerprint density at radius 3 is 2.72 bits per heavy atom. The highest BCUT2D eigenvalue weighted by Crippen LogP contribution is 2.21. The van der Waals surface area contributed by atoms with E-state index in [1.54, 1.807) is 29.9 Å². The molecular formula is C21H22ClN3O3S. The van der Waals surface area contributed by atoms with Crippen LogP contribution in [0.3, 0.4) is 0 Å². The second kappa shape index (κ2) is 9.91. The number of rotatable bonds is 8. The Balaban J connectivity index is 1.81. The fraction of sp³-hybridized carbons (Fsp3) is 0.286. The van der Waals surface area contributed by atoms with Crippen LogP contribution in [-0.2, 0) is 16.1 Å². The van der Waals surface area contributed by atoms with Crippen LogP contribution in [0.4, 0.5) is 5.69 Å². The molecule has 0 fully saturated rings. The topological polar surface area (TPSA) is 73.2 Å². The number of hydrogen-bond donors (Lipinski definition) is 1. The van der Waals surface area contributed by atoms with Gasteiger partial charge in [0.25, 0.3) is 5.56 Å². The number of hydrogen-bond acceptors (Lipinski definition) is 5. The molecule has 0 aliphatic rings. The number of amides is 1. The maximum atomic E-state index is 12.9. The highest BCUT2D eigenvalue weighted by molar-refractivity contribution is 7.99. The van der Waals surface area contributed by atoms with Crippen molar-refractivity contribution in [2.75, 3.05) is 24.8 Å². The zero-order chi connectivity index (χ0) is 20.8. The number of carbonyl (C=O) groups is 1. The molecule has 29 heavy (non-hydrogen) atoms. The SMILES string of the molecule is COCCCn1c(SCC(=O)Nc2ccc(C)cc2)nc2cc(Cl)ccc2c1=O. The van der Waals surface area contributed by atoms with Crippen LogP contribution in [0.1, 0.15) is 12.0 Å². The van der Waals surface area contributed by atoms with Gasteiger partial charge in [0.2, 0.25) is 5.91 Å². The van der Waals surface area contributed by atoms with Crippen LogP contribution in [-0.4, -0.2) is 34.9 Å². The second-order valence-corrected chi connectivity index (χ2v) is 7.94. The first kappa shape index (κ1) is 21.4. The summed E-state index contributed by atoms with van der Waals surface area (Å²) in [5.74, 6) is -0.0286. The maximum absolute atomic E-state index is 12.9. The van der Waals surface area contributed by atoms with Crippen molar-refractivity contribution in [1.82, 2.24) is 9.55 Å². The number of aromatic nitrogens is 2. The minimum absolute atomic E-state index is 0.136. The van der Waals surface area contributed by atoms with Gasteiger partial charge >= 0.3 is 0 Å². The number of nitrogens with one attached hydrogen (secondary N) is 1. The Kier molecular flexibility index (Phi) is 7.30. The summed E-state index contributed by atoms with van der Waals surface area (Å²) in [4.78, 5) is 29.9. The molecule has 0 radical (unpaired) electrons. The fourth-order valence-corrected chi connectivity index (χ4v) is 3.80. The first-order chi connectivity index (χ1) is 14.0. The lowest BCUT2D eigenvalue weighted by Gasteiger charge is -2.13. The summed E-state index contributed by atoms with van der Waals surface area (Å²) in [5, 5.41) is 4.35. The van der Waals surface area contributed by atoms with E-state index in [0.29, 0.717) is 40.7 Å². The fourth-order valence-electron chi connectivity index (χ4n) is 2.81. The van der Waals surface area contributed by atoms with E-state index in [2.05, 4.69) is 10.3 Å². The van der Waals surface area contributed by atoms with E-state index >= 15 is 0 Å². The van der Waals surface area contributed by atoms with Crippen molar-refractivity contribution in [3.05, 3.63) is 63.4 Å². The summed E-state index contributed by atoms with van der Waals surface area (Å²) < 4.78 is 6.69. The maximum Gasteiger partial charge on any atom is 0.262 e. The Morgan fingerprint density at radius 2 is 2.00 bits per heavy atom. The van der Waals surface area contributed by atoms with Gasteiger partial charge in [-0.2, -0.15) is 0 Å². The van der Waals surface area contributed by atoms with Gasteiger partial charge in [-0.15, -0.1) is 0 Å². The smallest absolute Gasteiger partial charge is 0.262 e. The standard InChI is InChI=1S/C21H22ClN3O3S/c1-14-4-7-16(8-5-14)23-19(26)13-29-21-24-18-12-15(22)6-9-17(18)20(27)25(21)10-3-11-28-2/h4-9,12H,3,10-11,13H2,1-2H3,(H,23,26). The third-order valence-electron chi connectivity index (χ3n) is 4.28. The molecule has 6 nitrogen and oxygen atoms in total. The van der Waals surface area contributed by atoms with Gasteiger partial charge in [0.1, 0.15) is 0 Å². The average molecular weight is 432 g/mol. The van der Waals surface area contributed by atoms with Crippen LogP contribution in [0.5, 0.6) is 0 Å². The predicted molar refractivity (Wildman–Crippen MR) is 118 cm³/mol. The molecule has 0 unspecified atom stereocenters. The molecule has 0 spiro atoms. The molecule has 2 aromatic carbocycles. The van der Waals surface area contributed by atoms with Gasteiger partial charge in [-0.25, -0.2) is 4.98 Å². The number of nitrogens with zero attached hydrogens (tertiary/aromatic N) is 2. The van der Waals surface area contributed by atoms with E-state index in [0.717, 1.165) is 11.3 Å². The summed E-state index contributed by atoms with van der Waals surface area (Å²) in [7, 11) is 1.62. The Hall–Kier alpha value is -2.35. The predicted octanol–water partition coefficient (Wildman–Crippen LogP) is 4.13. The van der Waals surface area contributed by atoms with E-state index in [-0.39, 0.29) is 17.2 Å². The Morgan fingerprint density at radius 1 is 1.24 bits per heavy atom. The van der Waals surface area contributed by atoms with Crippen LogP contribution in [0.15, 0.2) is 52.4 Å². The van der Waals surface area contributed by atoms with Gasteiger partial charge in [-0.1, -0.05) is 41.1 Å². The zero-order valence-electron chi connectivity index (χ0n) is 16.3. The van der Waals surface area contributed by atoms with Gasteiger partial charge in [0.05, 0.1) is 16.7 Å². The van der Waals surface area contributed by atoms with Gasteiger partial charge in [-0.3, -0.25) is 14.2 Å². The van der Waals surface area contributed by atoms with Gasteiger partial charge < -0.3 is 10.1 Å². The van der Waals surface area contributed by atoms with E-state index in [9.17, 15) is 9.59 Å². The Labute approximate surface area is 178 Å². The molecule has 8 heteroatoms. The lowest BCUT2D eigenvalue weighted by molar-refractivity contribution is -0.113. The van der Waals surface area contributed by atoms with Crippen molar-refractivity contribution in [2.45, 2.75) is 25.0 Å². The molecule has 0 saturated heterocycles. The molecular weight excluding hydrogens is 410 g/mol. The van der Waals surface area contributed by atoms with Crippen LogP contribution >= 0.6 is 23.4 Å². The largest absolute Gasteiger partial charge is 0.385 e. The first-order valence-corrected chi connectivity index (χ1v) is 10.5. The molecule has 0 atom stereocenters. The number of fused-ring (bicyclic) bond motifs is 1. The number of halogens is 1. The highest BCUT2D eigenvalue weighted by atomic mass is 35.5. The summed E-state index contributed by atoms with van der Waals surface area (Å²) >= 11 is 7.28. The van der Waals surface area contributed by atoms with Crippen LogP contribution in [0.25, 0.3) is 10.9 Å². The third-order valence-corrected chi connectivity index (χ3v) is 5.49. The van der Waals surface area contributed by atoms with Crippen LogP contribution in [0, 0.1) is 6.92 Å². The number of ether oxygens (including phenoxy) is 1. The summed E-state index contributed by atoms with van der Waals surface area (Å²) in [6, 6.07) is 12.6. The number of anilines is 1. The highest BCUT2D eigenvalue weighted by Gasteiger charge is 2.14. The molecule has 1 N–H and O–H groups in total. The zero-order valence-corrected chi connectivity index (χ0v) is 17.8. The second-order valence-electron chi connectivity index (χ2n) is 6.56. The van der Waals surface area contributed by atoms with Gasteiger partial charge in [0.15, 0.2) is 5.16 Å². The van der Waals surface area contributed by atoms with Crippen LogP contribution < -0.4 is 10.9 Å². The number of aryl methyl sites for hydroxylation is 1. The van der Waals surface area contributed by atoms with Crippen LogP contribution in [0.2, 0.25) is 5.02 Å². The average Bonchev–Trinajstić information content (AvgIpc) is 2.70. The molecule has 1 aromatic heterocycles. The van der Waals surface area contributed by atoms with Crippen molar-refractivity contribution in [2.24, 2.45) is 0 Å². The number of methoxy groups -OCH3 is 1. The normalized spacial score (nSPS) is 11.0. The van der Waals surface area contributed by atoms with Gasteiger partial charge in [-0.05, 0) is 43.7 Å². The summed E-state index contributed by atoms with van der Waals surface area (Å²) in [6.45, 7) is 2.98. The van der Waals surface area contributed by atoms with Crippen molar-refractivity contribution in [1.29, 1.82) is 0 Å². The monoisotopic (exact) mass is 431 g/mol. The molecule has 3 rings (SSSR count). The van der Waals surface area contributed by atoms with E-state index in [1.165, 1.54) is 11.8 Å².